The Balaban J connectivity index is 1.15. The number of hydrogen-bond acceptors (Lipinski definition) is 5. The molecule has 5 nitrogen and oxygen atoms in total. The Bertz CT molecular complexity index is 3220. The van der Waals surface area contributed by atoms with Gasteiger partial charge in [-0.3, -0.25) is 0 Å². The molecule has 0 atom stereocenters. The van der Waals surface area contributed by atoms with E-state index in [9.17, 15) is 0 Å². The van der Waals surface area contributed by atoms with Gasteiger partial charge in [-0.25, -0.2) is 15.0 Å². The summed E-state index contributed by atoms with van der Waals surface area (Å²) >= 11 is 0. The van der Waals surface area contributed by atoms with E-state index in [1.54, 1.807) is 0 Å². The van der Waals surface area contributed by atoms with Crippen molar-refractivity contribution in [3.63, 3.8) is 0 Å². The fraction of sp³-hybridized carbons (Fsp3) is 0. The fourth-order valence-electron chi connectivity index (χ4n) is 7.78. The molecule has 252 valence electrons. The Kier molecular flexibility index (Phi) is 6.79. The standard InChI is InChI=1S/C49H29N3O2/c1-3-13-30(14-4-1)32-17-11-18-33(27-32)40-29-41-45-39(22-12-24-43(45)54-46(41)38-21-8-7-19-35(38)40)49-51-47(31-15-5-2-6-16-31)50-48(52-49)34-25-26-37-36-20-9-10-23-42(36)53-44(37)28-34/h1-29H. The van der Waals surface area contributed by atoms with Crippen LogP contribution in [0.3, 0.4) is 0 Å². The lowest BCUT2D eigenvalue weighted by molar-refractivity contribution is 0.669. The zero-order chi connectivity index (χ0) is 35.6. The number of para-hydroxylation sites is 1. The van der Waals surface area contributed by atoms with Gasteiger partial charge in [-0.15, -0.1) is 0 Å². The van der Waals surface area contributed by atoms with E-state index in [1.807, 2.05) is 72.8 Å². The lowest BCUT2D eigenvalue weighted by Crippen LogP contribution is -2.00. The number of rotatable bonds is 5. The first-order chi connectivity index (χ1) is 26.7. The lowest BCUT2D eigenvalue weighted by Gasteiger charge is -2.11. The van der Waals surface area contributed by atoms with Crippen LogP contribution in [0.5, 0.6) is 0 Å². The lowest BCUT2D eigenvalue weighted by atomic mass is 9.92. The molecule has 0 radical (unpaired) electrons. The quantitative estimate of drug-likeness (QED) is 0.180. The highest BCUT2D eigenvalue weighted by Gasteiger charge is 2.21. The first-order valence-corrected chi connectivity index (χ1v) is 18.0. The molecule has 0 unspecified atom stereocenters. The van der Waals surface area contributed by atoms with E-state index in [-0.39, 0.29) is 0 Å². The smallest absolute Gasteiger partial charge is 0.164 e. The summed E-state index contributed by atoms with van der Waals surface area (Å²) in [6.45, 7) is 0. The van der Waals surface area contributed by atoms with Crippen molar-refractivity contribution in [3.8, 4) is 56.4 Å². The van der Waals surface area contributed by atoms with Gasteiger partial charge in [0.1, 0.15) is 22.3 Å². The second kappa shape index (κ2) is 12.1. The molecule has 3 heterocycles. The summed E-state index contributed by atoms with van der Waals surface area (Å²) in [4.78, 5) is 15.3. The van der Waals surface area contributed by atoms with Crippen LogP contribution in [0.2, 0.25) is 0 Å². The molecule has 0 aliphatic heterocycles. The maximum absolute atomic E-state index is 6.73. The summed E-state index contributed by atoms with van der Waals surface area (Å²) in [6, 6.07) is 60.5. The number of benzene rings is 8. The van der Waals surface area contributed by atoms with Gasteiger partial charge in [-0.1, -0.05) is 140 Å². The van der Waals surface area contributed by atoms with Gasteiger partial charge in [0.25, 0.3) is 0 Å². The van der Waals surface area contributed by atoms with Gasteiger partial charge in [0.2, 0.25) is 0 Å². The molecule has 5 heteroatoms. The Morgan fingerprint density at radius 1 is 0.296 bits per heavy atom. The predicted molar refractivity (Wildman–Crippen MR) is 219 cm³/mol. The van der Waals surface area contributed by atoms with E-state index in [0.717, 1.165) is 82.5 Å². The van der Waals surface area contributed by atoms with Crippen molar-refractivity contribution < 1.29 is 8.83 Å². The minimum Gasteiger partial charge on any atom is -0.456 e. The molecule has 0 spiro atoms. The average Bonchev–Trinajstić information content (AvgIpc) is 3.82. The first kappa shape index (κ1) is 30.3. The van der Waals surface area contributed by atoms with Crippen molar-refractivity contribution in [1.29, 1.82) is 0 Å². The first-order valence-electron chi connectivity index (χ1n) is 18.0. The summed E-state index contributed by atoms with van der Waals surface area (Å²) in [5, 5.41) is 6.29. The van der Waals surface area contributed by atoms with Crippen LogP contribution in [-0.2, 0) is 0 Å². The Morgan fingerprint density at radius 3 is 1.74 bits per heavy atom. The third-order valence-electron chi connectivity index (χ3n) is 10.3. The van der Waals surface area contributed by atoms with Crippen LogP contribution in [0, 0.1) is 0 Å². The van der Waals surface area contributed by atoms with E-state index in [0.29, 0.717) is 17.5 Å². The number of aromatic nitrogens is 3. The zero-order valence-electron chi connectivity index (χ0n) is 28.9. The van der Waals surface area contributed by atoms with Gasteiger partial charge in [-0.05, 0) is 64.0 Å². The minimum atomic E-state index is 0.565. The van der Waals surface area contributed by atoms with Crippen molar-refractivity contribution in [2.45, 2.75) is 0 Å². The van der Waals surface area contributed by atoms with Crippen molar-refractivity contribution >= 4 is 54.6 Å². The molecule has 54 heavy (non-hydrogen) atoms. The predicted octanol–water partition coefficient (Wildman–Crippen LogP) is 13.2. The van der Waals surface area contributed by atoms with Crippen molar-refractivity contribution in [2.24, 2.45) is 0 Å². The maximum Gasteiger partial charge on any atom is 0.164 e. The molecule has 11 rings (SSSR count). The largest absolute Gasteiger partial charge is 0.456 e. The van der Waals surface area contributed by atoms with Crippen LogP contribution in [0.1, 0.15) is 0 Å². The van der Waals surface area contributed by atoms with E-state index >= 15 is 0 Å². The topological polar surface area (TPSA) is 65.0 Å². The highest BCUT2D eigenvalue weighted by molar-refractivity contribution is 6.22. The molecule has 0 fully saturated rings. The van der Waals surface area contributed by atoms with Crippen LogP contribution < -0.4 is 0 Å². The van der Waals surface area contributed by atoms with E-state index in [2.05, 4.69) is 103 Å². The maximum atomic E-state index is 6.73. The number of furan rings is 2. The van der Waals surface area contributed by atoms with Crippen LogP contribution in [0.4, 0.5) is 0 Å². The summed E-state index contributed by atoms with van der Waals surface area (Å²) in [5.41, 5.74) is 10.5. The van der Waals surface area contributed by atoms with Crippen LogP contribution >= 0.6 is 0 Å². The van der Waals surface area contributed by atoms with E-state index < -0.39 is 0 Å². The highest BCUT2D eigenvalue weighted by atomic mass is 16.3. The van der Waals surface area contributed by atoms with Gasteiger partial charge < -0.3 is 8.83 Å². The van der Waals surface area contributed by atoms with Crippen molar-refractivity contribution in [1.82, 2.24) is 15.0 Å². The Hall–Kier alpha value is -7.37. The van der Waals surface area contributed by atoms with Crippen molar-refractivity contribution in [2.75, 3.05) is 0 Å². The molecule has 3 aromatic heterocycles. The summed E-state index contributed by atoms with van der Waals surface area (Å²) < 4.78 is 13.0. The SMILES string of the molecule is c1ccc(-c2cccc(-c3cc4c(oc5cccc(-c6nc(-c7ccccc7)nc(-c7ccc8c(c7)oc7ccccc78)n6)c54)c4ccccc34)c2)cc1. The minimum absolute atomic E-state index is 0.565. The molecule has 11 aromatic rings. The zero-order valence-corrected chi connectivity index (χ0v) is 28.9. The molecule has 0 bridgehead atoms. The molecule has 0 saturated heterocycles. The van der Waals surface area contributed by atoms with Gasteiger partial charge >= 0.3 is 0 Å². The summed E-state index contributed by atoms with van der Waals surface area (Å²) in [5.74, 6) is 1.72. The highest BCUT2D eigenvalue weighted by Crippen LogP contribution is 2.43. The van der Waals surface area contributed by atoms with Gasteiger partial charge in [-0.2, -0.15) is 0 Å². The number of hydrogen-bond donors (Lipinski definition) is 0. The fourth-order valence-corrected chi connectivity index (χ4v) is 7.78. The second-order valence-corrected chi connectivity index (χ2v) is 13.6. The third kappa shape index (κ3) is 4.90. The molecular formula is C49H29N3O2. The molecule has 0 amide bonds. The molecule has 0 N–H and O–H groups in total. The second-order valence-electron chi connectivity index (χ2n) is 13.6. The van der Waals surface area contributed by atoms with E-state index in [4.69, 9.17) is 23.8 Å². The molecule has 8 aromatic carbocycles. The Labute approximate surface area is 309 Å². The van der Waals surface area contributed by atoms with Gasteiger partial charge in [0, 0.05) is 43.6 Å². The molecule has 0 aliphatic rings. The summed E-state index contributed by atoms with van der Waals surface area (Å²) in [7, 11) is 0. The molecular weight excluding hydrogens is 663 g/mol. The number of nitrogens with zero attached hydrogens (tertiary/aromatic N) is 3. The number of fused-ring (bicyclic) bond motifs is 8. The monoisotopic (exact) mass is 691 g/mol. The molecule has 0 aliphatic carbocycles. The third-order valence-corrected chi connectivity index (χ3v) is 10.3. The van der Waals surface area contributed by atoms with Gasteiger partial charge in [0.05, 0.1) is 0 Å². The van der Waals surface area contributed by atoms with Crippen molar-refractivity contribution in [3.05, 3.63) is 176 Å². The normalized spacial score (nSPS) is 11.7. The van der Waals surface area contributed by atoms with E-state index in [1.165, 1.54) is 11.1 Å². The van der Waals surface area contributed by atoms with Crippen LogP contribution in [0.15, 0.2) is 185 Å². The summed E-state index contributed by atoms with van der Waals surface area (Å²) in [6.07, 6.45) is 0. The Morgan fingerprint density at radius 2 is 0.907 bits per heavy atom. The van der Waals surface area contributed by atoms with Gasteiger partial charge in [0.15, 0.2) is 17.5 Å². The van der Waals surface area contributed by atoms with Crippen LogP contribution in [0.25, 0.3) is 111 Å². The average molecular weight is 692 g/mol. The molecule has 0 saturated carbocycles. The van der Waals surface area contributed by atoms with Crippen LogP contribution in [-0.4, -0.2) is 15.0 Å².